The number of carbonyl (C=O) groups excluding carboxylic acids is 2. The lowest BCUT2D eigenvalue weighted by molar-refractivity contribution is -0.127. The summed E-state index contributed by atoms with van der Waals surface area (Å²) in [6.07, 6.45) is 1.27. The average molecular weight is 327 g/mol. The third-order valence-corrected chi connectivity index (χ3v) is 3.50. The summed E-state index contributed by atoms with van der Waals surface area (Å²) in [5.74, 6) is -1.86. The van der Waals surface area contributed by atoms with E-state index in [0.29, 0.717) is 17.1 Å². The van der Waals surface area contributed by atoms with Gasteiger partial charge in [0.1, 0.15) is 11.6 Å². The van der Waals surface area contributed by atoms with Gasteiger partial charge in [0.15, 0.2) is 5.92 Å². The summed E-state index contributed by atoms with van der Waals surface area (Å²) in [4.78, 5) is 24.7. The van der Waals surface area contributed by atoms with Crippen molar-refractivity contribution in [2.75, 3.05) is 17.4 Å². The van der Waals surface area contributed by atoms with Gasteiger partial charge in [-0.15, -0.1) is 0 Å². The van der Waals surface area contributed by atoms with Crippen LogP contribution in [0.25, 0.3) is 0 Å². The molecule has 0 spiro atoms. The number of hydrogen-bond donors (Lipinski definition) is 1. The largest absolute Gasteiger partial charge is 0.497 e. The first kappa shape index (κ1) is 15.7. The van der Waals surface area contributed by atoms with E-state index in [9.17, 15) is 14.0 Å². The third kappa shape index (κ3) is 3.10. The van der Waals surface area contributed by atoms with Gasteiger partial charge in [0.2, 0.25) is 5.91 Å². The number of ether oxygens (including phenoxy) is 1. The molecule has 0 aromatic heterocycles. The standard InChI is InChI=1S/C17H14FN3O3/c1-24-14-4-2-3-12(9-14)20-16(22)15-10-19-21(17(15)23)13-7-5-11(18)6-8-13/h2-10,15H,1H3,(H,20,22). The minimum absolute atomic E-state index is 0.398. The highest BCUT2D eigenvalue weighted by molar-refractivity contribution is 6.23. The zero-order valence-corrected chi connectivity index (χ0v) is 12.8. The van der Waals surface area contributed by atoms with Crippen LogP contribution < -0.4 is 15.1 Å². The van der Waals surface area contributed by atoms with Gasteiger partial charge in [0.25, 0.3) is 5.91 Å². The van der Waals surface area contributed by atoms with Gasteiger partial charge in [-0.3, -0.25) is 9.59 Å². The molecule has 1 aliphatic rings. The molecule has 122 valence electrons. The monoisotopic (exact) mass is 327 g/mol. The number of anilines is 2. The maximum Gasteiger partial charge on any atom is 0.265 e. The minimum Gasteiger partial charge on any atom is -0.497 e. The summed E-state index contributed by atoms with van der Waals surface area (Å²) in [5.41, 5.74) is 0.912. The first-order valence-corrected chi connectivity index (χ1v) is 7.17. The van der Waals surface area contributed by atoms with Gasteiger partial charge in [-0.05, 0) is 36.4 Å². The van der Waals surface area contributed by atoms with Crippen molar-refractivity contribution in [3.05, 3.63) is 54.3 Å². The molecule has 0 aliphatic carbocycles. The molecule has 24 heavy (non-hydrogen) atoms. The third-order valence-electron chi connectivity index (χ3n) is 3.50. The highest BCUT2D eigenvalue weighted by Gasteiger charge is 2.35. The van der Waals surface area contributed by atoms with Crippen molar-refractivity contribution in [3.63, 3.8) is 0 Å². The number of amides is 2. The van der Waals surface area contributed by atoms with E-state index < -0.39 is 23.5 Å². The Kier molecular flexibility index (Phi) is 4.24. The maximum absolute atomic E-state index is 13.0. The zero-order chi connectivity index (χ0) is 17.1. The SMILES string of the molecule is COc1cccc(NC(=O)C2C=NN(c3ccc(F)cc3)C2=O)c1. The van der Waals surface area contributed by atoms with Crippen LogP contribution in [0.1, 0.15) is 0 Å². The van der Waals surface area contributed by atoms with Crippen molar-refractivity contribution < 1.29 is 18.7 Å². The van der Waals surface area contributed by atoms with Crippen LogP contribution in [0.3, 0.4) is 0 Å². The van der Waals surface area contributed by atoms with Crippen molar-refractivity contribution in [2.45, 2.75) is 0 Å². The van der Waals surface area contributed by atoms with Crippen molar-refractivity contribution in [1.29, 1.82) is 0 Å². The highest BCUT2D eigenvalue weighted by atomic mass is 19.1. The van der Waals surface area contributed by atoms with Crippen LogP contribution in [0, 0.1) is 11.7 Å². The normalized spacial score (nSPS) is 16.3. The molecular formula is C17H14FN3O3. The molecular weight excluding hydrogens is 313 g/mol. The molecule has 0 radical (unpaired) electrons. The number of nitrogens with one attached hydrogen (secondary N) is 1. The molecule has 0 fully saturated rings. The van der Waals surface area contributed by atoms with E-state index in [1.54, 1.807) is 24.3 Å². The van der Waals surface area contributed by atoms with Gasteiger partial charge >= 0.3 is 0 Å². The van der Waals surface area contributed by atoms with E-state index in [4.69, 9.17) is 4.74 Å². The van der Waals surface area contributed by atoms with Crippen molar-refractivity contribution in [1.82, 2.24) is 0 Å². The Hall–Kier alpha value is -3.22. The predicted molar refractivity (Wildman–Crippen MR) is 87.5 cm³/mol. The predicted octanol–water partition coefficient (Wildman–Crippen LogP) is 2.42. The Balaban J connectivity index is 1.71. The molecule has 1 atom stereocenters. The van der Waals surface area contributed by atoms with Crippen molar-refractivity contribution >= 4 is 29.4 Å². The van der Waals surface area contributed by atoms with Gasteiger partial charge in [-0.1, -0.05) is 6.07 Å². The van der Waals surface area contributed by atoms with Crippen LogP contribution in [0.5, 0.6) is 5.75 Å². The molecule has 2 amide bonds. The lowest BCUT2D eigenvalue weighted by Gasteiger charge is -2.14. The van der Waals surface area contributed by atoms with Crippen molar-refractivity contribution in [2.24, 2.45) is 11.0 Å². The smallest absolute Gasteiger partial charge is 0.265 e. The number of rotatable bonds is 4. The number of carbonyl (C=O) groups is 2. The molecule has 6 nitrogen and oxygen atoms in total. The summed E-state index contributed by atoms with van der Waals surface area (Å²) in [6.45, 7) is 0. The zero-order valence-electron chi connectivity index (χ0n) is 12.8. The molecule has 2 aromatic rings. The molecule has 1 aliphatic heterocycles. The van der Waals surface area contributed by atoms with Crippen LogP contribution in [0.15, 0.2) is 53.6 Å². The number of halogens is 1. The molecule has 1 unspecified atom stereocenters. The van der Waals surface area contributed by atoms with Crippen molar-refractivity contribution in [3.8, 4) is 5.75 Å². The average Bonchev–Trinajstić information content (AvgIpc) is 2.97. The number of nitrogens with zero attached hydrogens (tertiary/aromatic N) is 2. The lowest BCUT2D eigenvalue weighted by atomic mass is 10.1. The summed E-state index contributed by atoms with van der Waals surface area (Å²) in [7, 11) is 1.52. The summed E-state index contributed by atoms with van der Waals surface area (Å²) >= 11 is 0. The molecule has 2 aromatic carbocycles. The van der Waals surface area contributed by atoms with Gasteiger partial charge in [0, 0.05) is 18.0 Å². The van der Waals surface area contributed by atoms with E-state index in [2.05, 4.69) is 10.4 Å². The number of hydrazone groups is 1. The van der Waals surface area contributed by atoms with Crippen LogP contribution in [0.4, 0.5) is 15.8 Å². The Morgan fingerprint density at radius 3 is 2.71 bits per heavy atom. The molecule has 1 N–H and O–H groups in total. The Labute approximate surface area is 137 Å². The van der Waals surface area contributed by atoms with Crippen LogP contribution in [-0.4, -0.2) is 25.1 Å². The Bertz CT molecular complexity index is 805. The first-order valence-electron chi connectivity index (χ1n) is 7.17. The molecule has 3 rings (SSSR count). The highest BCUT2D eigenvalue weighted by Crippen LogP contribution is 2.23. The molecule has 0 saturated carbocycles. The second-order valence-corrected chi connectivity index (χ2v) is 5.09. The van der Waals surface area contributed by atoms with E-state index in [1.165, 1.54) is 37.6 Å². The minimum atomic E-state index is -1.04. The van der Waals surface area contributed by atoms with Gasteiger partial charge < -0.3 is 10.1 Å². The molecule has 1 heterocycles. The number of benzene rings is 2. The fraction of sp³-hybridized carbons (Fsp3) is 0.118. The number of methoxy groups -OCH3 is 1. The van der Waals surface area contributed by atoms with Crippen LogP contribution in [0.2, 0.25) is 0 Å². The maximum atomic E-state index is 13.0. The van der Waals surface area contributed by atoms with E-state index in [0.717, 1.165) is 5.01 Å². The summed E-state index contributed by atoms with van der Waals surface area (Å²) < 4.78 is 18.0. The lowest BCUT2D eigenvalue weighted by Crippen LogP contribution is -2.34. The van der Waals surface area contributed by atoms with Gasteiger partial charge in [-0.2, -0.15) is 5.10 Å². The van der Waals surface area contributed by atoms with Crippen LogP contribution >= 0.6 is 0 Å². The first-order chi connectivity index (χ1) is 11.6. The quantitative estimate of drug-likeness (QED) is 0.877. The molecule has 0 bridgehead atoms. The fourth-order valence-corrected chi connectivity index (χ4v) is 2.26. The second kappa shape index (κ2) is 6.49. The molecule has 0 saturated heterocycles. The fourth-order valence-electron chi connectivity index (χ4n) is 2.26. The molecule has 7 heteroatoms. The Morgan fingerprint density at radius 1 is 1.25 bits per heavy atom. The van der Waals surface area contributed by atoms with E-state index >= 15 is 0 Å². The summed E-state index contributed by atoms with van der Waals surface area (Å²) in [6, 6.07) is 12.1. The topological polar surface area (TPSA) is 71.0 Å². The van der Waals surface area contributed by atoms with E-state index in [-0.39, 0.29) is 0 Å². The number of hydrogen-bond acceptors (Lipinski definition) is 4. The van der Waals surface area contributed by atoms with Gasteiger partial charge in [-0.25, -0.2) is 9.40 Å². The van der Waals surface area contributed by atoms with Gasteiger partial charge in [0.05, 0.1) is 12.8 Å². The van der Waals surface area contributed by atoms with Crippen LogP contribution in [-0.2, 0) is 9.59 Å². The van der Waals surface area contributed by atoms with E-state index in [1.807, 2.05) is 0 Å². The summed E-state index contributed by atoms with van der Waals surface area (Å²) in [5, 5.41) is 7.68. The Morgan fingerprint density at radius 2 is 2.00 bits per heavy atom. The second-order valence-electron chi connectivity index (χ2n) is 5.09.